The van der Waals surface area contributed by atoms with Gasteiger partial charge in [-0.05, 0) is 6.92 Å². The fourth-order valence-electron chi connectivity index (χ4n) is 1.51. The van der Waals surface area contributed by atoms with Gasteiger partial charge in [0.1, 0.15) is 0 Å². The summed E-state index contributed by atoms with van der Waals surface area (Å²) in [7, 11) is -3.70. The fourth-order valence-corrected chi connectivity index (χ4v) is 2.82. The molecule has 0 amide bonds. The minimum atomic E-state index is -3.70. The quantitative estimate of drug-likeness (QED) is 0.539. The van der Waals surface area contributed by atoms with Crippen LogP contribution in [0.15, 0.2) is 0 Å². The van der Waals surface area contributed by atoms with E-state index in [9.17, 15) is 18.3 Å². The first-order valence-corrected chi connectivity index (χ1v) is 6.94. The average molecular weight is 282 g/mol. The summed E-state index contributed by atoms with van der Waals surface area (Å²) in [5, 5.41) is 18.3. The Labute approximate surface area is 106 Å². The van der Waals surface area contributed by atoms with Crippen molar-refractivity contribution in [3.05, 3.63) is 0 Å². The van der Waals surface area contributed by atoms with Crippen LogP contribution in [0.25, 0.3) is 0 Å². The van der Waals surface area contributed by atoms with Gasteiger partial charge in [0.15, 0.2) is 0 Å². The van der Waals surface area contributed by atoms with Crippen LogP contribution in [0.3, 0.4) is 0 Å². The van der Waals surface area contributed by atoms with Crippen LogP contribution in [0.1, 0.15) is 13.3 Å². The van der Waals surface area contributed by atoms with Gasteiger partial charge in [-0.25, -0.2) is 0 Å². The smallest absolute Gasteiger partial charge is 0.306 e. The van der Waals surface area contributed by atoms with Crippen LogP contribution < -0.4 is 4.72 Å². The third kappa shape index (κ3) is 4.86. The summed E-state index contributed by atoms with van der Waals surface area (Å²) in [6, 6.07) is 0. The van der Waals surface area contributed by atoms with Crippen molar-refractivity contribution in [3.8, 4) is 0 Å². The van der Waals surface area contributed by atoms with Gasteiger partial charge in [0.25, 0.3) is 10.2 Å². The lowest BCUT2D eigenvalue weighted by atomic mass is 10.0. The Morgan fingerprint density at radius 1 is 1.44 bits per heavy atom. The summed E-state index contributed by atoms with van der Waals surface area (Å²) in [6.45, 7) is 2.06. The van der Waals surface area contributed by atoms with E-state index < -0.39 is 28.2 Å². The topological polar surface area (TPSA) is 116 Å². The highest BCUT2D eigenvalue weighted by Crippen LogP contribution is 2.09. The van der Waals surface area contributed by atoms with Gasteiger partial charge in [-0.15, -0.1) is 0 Å². The largest absolute Gasteiger partial charge is 0.481 e. The van der Waals surface area contributed by atoms with Crippen LogP contribution in [0, 0.1) is 0 Å². The molecule has 1 fully saturated rings. The van der Waals surface area contributed by atoms with Gasteiger partial charge >= 0.3 is 5.97 Å². The van der Waals surface area contributed by atoms with Crippen LogP contribution in [-0.2, 0) is 19.7 Å². The second-order valence-electron chi connectivity index (χ2n) is 4.41. The molecule has 0 spiro atoms. The first kappa shape index (κ1) is 15.3. The molecule has 0 radical (unpaired) electrons. The minimum absolute atomic E-state index is 0.246. The van der Waals surface area contributed by atoms with E-state index in [-0.39, 0.29) is 19.6 Å². The molecule has 9 heteroatoms. The number of nitrogens with one attached hydrogen (secondary N) is 1. The predicted octanol–water partition coefficient (Wildman–Crippen LogP) is -1.62. The van der Waals surface area contributed by atoms with Crippen molar-refractivity contribution in [2.75, 3.05) is 32.8 Å². The van der Waals surface area contributed by atoms with Crippen LogP contribution >= 0.6 is 0 Å². The number of carbonyl (C=O) groups is 1. The number of morpholine rings is 1. The van der Waals surface area contributed by atoms with Gasteiger partial charge in [0, 0.05) is 19.6 Å². The number of aliphatic hydroxyl groups is 1. The summed E-state index contributed by atoms with van der Waals surface area (Å²) in [5.74, 6) is -1.19. The zero-order valence-corrected chi connectivity index (χ0v) is 10.9. The predicted molar refractivity (Wildman–Crippen MR) is 62.2 cm³/mol. The van der Waals surface area contributed by atoms with Gasteiger partial charge in [0.05, 0.1) is 25.2 Å². The van der Waals surface area contributed by atoms with E-state index in [2.05, 4.69) is 4.72 Å². The summed E-state index contributed by atoms with van der Waals surface area (Å²) < 4.78 is 32.1. The standard InChI is InChI=1S/C9H18N2O6S/c1-9(14,6-8(12)13)7-10-18(15,16)11-2-4-17-5-3-11/h10,14H,2-7H2,1H3,(H,12,13). The third-order valence-electron chi connectivity index (χ3n) is 2.48. The summed E-state index contributed by atoms with van der Waals surface area (Å²) >= 11 is 0. The number of aliphatic carboxylic acids is 1. The molecule has 0 aromatic rings. The summed E-state index contributed by atoms with van der Waals surface area (Å²) in [6.07, 6.45) is -0.529. The molecule has 8 nitrogen and oxygen atoms in total. The number of hydrogen-bond donors (Lipinski definition) is 3. The monoisotopic (exact) mass is 282 g/mol. The van der Waals surface area contributed by atoms with Crippen molar-refractivity contribution in [3.63, 3.8) is 0 Å². The van der Waals surface area contributed by atoms with E-state index in [0.29, 0.717) is 13.2 Å². The molecule has 1 rings (SSSR count). The van der Waals surface area contributed by atoms with Crippen molar-refractivity contribution in [2.24, 2.45) is 0 Å². The van der Waals surface area contributed by atoms with Gasteiger partial charge in [-0.3, -0.25) is 4.79 Å². The van der Waals surface area contributed by atoms with Gasteiger partial charge in [0.2, 0.25) is 0 Å². The Morgan fingerprint density at radius 3 is 2.50 bits per heavy atom. The lowest BCUT2D eigenvalue weighted by molar-refractivity contribution is -0.141. The summed E-state index contributed by atoms with van der Waals surface area (Å²) in [4.78, 5) is 10.5. The zero-order chi connectivity index (χ0) is 13.8. The Bertz CT molecular complexity index is 388. The molecule has 0 aromatic carbocycles. The lowest BCUT2D eigenvalue weighted by Gasteiger charge is -2.28. The first-order chi connectivity index (χ1) is 8.23. The third-order valence-corrected chi connectivity index (χ3v) is 4.03. The summed E-state index contributed by atoms with van der Waals surface area (Å²) in [5.41, 5.74) is -1.62. The molecular formula is C9H18N2O6S. The molecule has 0 bridgehead atoms. The van der Waals surface area contributed by atoms with Crippen molar-refractivity contribution in [1.82, 2.24) is 9.03 Å². The number of rotatable bonds is 6. The SMILES string of the molecule is CC(O)(CNS(=O)(=O)N1CCOCC1)CC(=O)O. The zero-order valence-electron chi connectivity index (χ0n) is 10.1. The molecule has 0 aromatic heterocycles. The number of ether oxygens (including phenoxy) is 1. The number of carboxylic acids is 1. The highest BCUT2D eigenvalue weighted by Gasteiger charge is 2.29. The molecule has 106 valence electrons. The van der Waals surface area contributed by atoms with E-state index in [1.165, 1.54) is 11.2 Å². The average Bonchev–Trinajstić information content (AvgIpc) is 2.26. The van der Waals surface area contributed by atoms with E-state index in [1.54, 1.807) is 0 Å². The van der Waals surface area contributed by atoms with Crippen LogP contribution in [0.5, 0.6) is 0 Å². The van der Waals surface area contributed by atoms with Crippen LogP contribution in [-0.4, -0.2) is 67.4 Å². The molecule has 3 N–H and O–H groups in total. The van der Waals surface area contributed by atoms with Crippen molar-refractivity contribution in [2.45, 2.75) is 18.9 Å². The van der Waals surface area contributed by atoms with Crippen LogP contribution in [0.2, 0.25) is 0 Å². The molecule has 1 unspecified atom stereocenters. The maximum absolute atomic E-state index is 11.8. The Morgan fingerprint density at radius 2 is 2.00 bits per heavy atom. The normalized spacial score (nSPS) is 21.4. The Hall–Kier alpha value is -0.740. The number of nitrogens with zero attached hydrogens (tertiary/aromatic N) is 1. The van der Waals surface area contributed by atoms with Crippen molar-refractivity contribution >= 4 is 16.2 Å². The molecular weight excluding hydrogens is 264 g/mol. The molecule has 1 saturated heterocycles. The molecule has 1 aliphatic heterocycles. The Kier molecular flexibility index (Phi) is 5.05. The van der Waals surface area contributed by atoms with Gasteiger partial charge < -0.3 is 14.9 Å². The maximum atomic E-state index is 11.8. The molecule has 18 heavy (non-hydrogen) atoms. The fraction of sp³-hybridized carbons (Fsp3) is 0.889. The molecule has 1 aliphatic rings. The number of carboxylic acid groups (broad SMARTS) is 1. The minimum Gasteiger partial charge on any atom is -0.481 e. The number of hydrogen-bond acceptors (Lipinski definition) is 5. The van der Waals surface area contributed by atoms with Crippen molar-refractivity contribution < 1.29 is 28.2 Å². The van der Waals surface area contributed by atoms with Gasteiger partial charge in [-0.1, -0.05) is 0 Å². The van der Waals surface area contributed by atoms with E-state index >= 15 is 0 Å². The second-order valence-corrected chi connectivity index (χ2v) is 6.16. The first-order valence-electron chi connectivity index (χ1n) is 5.50. The van der Waals surface area contributed by atoms with E-state index in [4.69, 9.17) is 9.84 Å². The lowest BCUT2D eigenvalue weighted by Crippen LogP contribution is -2.50. The highest BCUT2D eigenvalue weighted by atomic mass is 32.2. The van der Waals surface area contributed by atoms with Crippen LogP contribution in [0.4, 0.5) is 0 Å². The maximum Gasteiger partial charge on any atom is 0.306 e. The second kappa shape index (κ2) is 5.93. The van der Waals surface area contributed by atoms with Crippen molar-refractivity contribution in [1.29, 1.82) is 0 Å². The highest BCUT2D eigenvalue weighted by molar-refractivity contribution is 7.87. The molecule has 0 saturated carbocycles. The Balaban J connectivity index is 2.52. The molecule has 1 heterocycles. The molecule has 1 atom stereocenters. The van der Waals surface area contributed by atoms with E-state index in [1.807, 2.05) is 0 Å². The van der Waals surface area contributed by atoms with E-state index in [0.717, 1.165) is 0 Å². The van der Waals surface area contributed by atoms with Gasteiger partial charge in [-0.2, -0.15) is 17.4 Å². The molecule has 0 aliphatic carbocycles.